The number of nitrogens with zero attached hydrogens (tertiary/aromatic N) is 2. The molecule has 1 aromatic carbocycles. The molecular weight excluding hydrogens is 436 g/mol. The molecule has 2 aliphatic heterocycles. The zero-order chi connectivity index (χ0) is 23.7. The van der Waals surface area contributed by atoms with Crippen LogP contribution < -0.4 is 4.74 Å². The molecule has 4 heterocycles. The number of likely N-dealkylation sites (tertiary alicyclic amines) is 1. The van der Waals surface area contributed by atoms with Crippen LogP contribution in [0.25, 0.3) is 0 Å². The molecule has 0 spiro atoms. The van der Waals surface area contributed by atoms with Crippen LogP contribution in [0, 0.1) is 0 Å². The highest BCUT2D eigenvalue weighted by Gasteiger charge is 2.46. The molecule has 2 aliphatic rings. The summed E-state index contributed by atoms with van der Waals surface area (Å²) in [6, 6.07) is 13.0. The lowest BCUT2D eigenvalue weighted by Gasteiger charge is -2.33. The molecule has 0 aliphatic carbocycles. The summed E-state index contributed by atoms with van der Waals surface area (Å²) < 4.78 is 16.3. The summed E-state index contributed by atoms with van der Waals surface area (Å²) in [4.78, 5) is 30.6. The Morgan fingerprint density at radius 2 is 1.79 bits per heavy atom. The van der Waals surface area contributed by atoms with E-state index in [1.54, 1.807) is 48.6 Å². The van der Waals surface area contributed by atoms with Gasteiger partial charge in [-0.1, -0.05) is 12.1 Å². The third kappa shape index (κ3) is 3.90. The van der Waals surface area contributed by atoms with Gasteiger partial charge in [-0.25, -0.2) is 0 Å². The average Bonchev–Trinajstić information content (AvgIpc) is 3.67. The number of rotatable bonds is 8. The van der Waals surface area contributed by atoms with Crippen molar-refractivity contribution >= 4 is 11.7 Å². The molecule has 8 heteroatoms. The van der Waals surface area contributed by atoms with Crippen molar-refractivity contribution in [1.82, 2.24) is 9.80 Å². The molecular formula is C26H26N2O6. The van der Waals surface area contributed by atoms with Gasteiger partial charge in [0, 0.05) is 6.54 Å². The van der Waals surface area contributed by atoms with Crippen LogP contribution in [-0.2, 0) is 4.79 Å². The number of aliphatic hydroxyl groups is 1. The number of ether oxygens (including phenoxy) is 1. The molecule has 0 radical (unpaired) electrons. The summed E-state index contributed by atoms with van der Waals surface area (Å²) in [7, 11) is 1.57. The second-order valence-corrected chi connectivity index (χ2v) is 8.48. The highest BCUT2D eigenvalue weighted by atomic mass is 16.5. The first-order chi connectivity index (χ1) is 16.6. The van der Waals surface area contributed by atoms with E-state index in [9.17, 15) is 14.7 Å². The lowest BCUT2D eigenvalue weighted by atomic mass is 9.94. The van der Waals surface area contributed by atoms with Crippen molar-refractivity contribution in [3.8, 4) is 5.75 Å². The van der Waals surface area contributed by atoms with Gasteiger partial charge >= 0.3 is 0 Å². The SMILES string of the molecule is COc1ccc(C2C(C(=O)c3ccco3)=C(O)C(=O)N2CC(c2ccco2)N2CCCC2)cc1. The normalized spacial score (nSPS) is 19.7. The molecule has 0 saturated carbocycles. The van der Waals surface area contributed by atoms with Gasteiger partial charge in [0.25, 0.3) is 5.91 Å². The second-order valence-electron chi connectivity index (χ2n) is 8.48. The zero-order valence-corrected chi connectivity index (χ0v) is 18.8. The molecule has 8 nitrogen and oxygen atoms in total. The molecule has 0 bridgehead atoms. The summed E-state index contributed by atoms with van der Waals surface area (Å²) in [5, 5.41) is 10.9. The van der Waals surface area contributed by atoms with Crippen molar-refractivity contribution < 1.29 is 28.3 Å². The molecule has 2 aromatic heterocycles. The van der Waals surface area contributed by atoms with Crippen LogP contribution in [0.1, 0.15) is 46.8 Å². The van der Waals surface area contributed by atoms with Gasteiger partial charge in [-0.15, -0.1) is 0 Å². The fourth-order valence-electron chi connectivity index (χ4n) is 4.85. The first-order valence-electron chi connectivity index (χ1n) is 11.3. The maximum Gasteiger partial charge on any atom is 0.290 e. The Hall–Kier alpha value is -3.78. The molecule has 1 saturated heterocycles. The number of benzene rings is 1. The number of ketones is 1. The summed E-state index contributed by atoms with van der Waals surface area (Å²) in [6.07, 6.45) is 5.15. The van der Waals surface area contributed by atoms with E-state index in [1.807, 2.05) is 12.1 Å². The maximum absolute atomic E-state index is 13.4. The predicted octanol–water partition coefficient (Wildman–Crippen LogP) is 4.30. The Kier molecular flexibility index (Phi) is 5.98. The molecule has 2 atom stereocenters. The Morgan fingerprint density at radius 3 is 2.41 bits per heavy atom. The molecule has 34 heavy (non-hydrogen) atoms. The molecule has 3 aromatic rings. The van der Waals surface area contributed by atoms with Crippen molar-refractivity contribution in [3.05, 3.63) is 89.5 Å². The van der Waals surface area contributed by atoms with Crippen LogP contribution in [0.2, 0.25) is 0 Å². The Bertz CT molecular complexity index is 1170. The van der Waals surface area contributed by atoms with E-state index in [0.717, 1.165) is 31.7 Å². The third-order valence-electron chi connectivity index (χ3n) is 6.55. The van der Waals surface area contributed by atoms with Gasteiger partial charge < -0.3 is 23.6 Å². The van der Waals surface area contributed by atoms with Crippen LogP contribution in [0.15, 0.2) is 81.2 Å². The predicted molar refractivity (Wildman–Crippen MR) is 122 cm³/mol. The van der Waals surface area contributed by atoms with E-state index in [-0.39, 0.29) is 23.9 Å². The molecule has 1 amide bonds. The first kappa shape index (κ1) is 22.0. The number of furan rings is 2. The number of carbonyl (C=O) groups is 2. The number of hydrogen-bond donors (Lipinski definition) is 1. The number of methoxy groups -OCH3 is 1. The van der Waals surface area contributed by atoms with E-state index in [2.05, 4.69) is 4.90 Å². The van der Waals surface area contributed by atoms with E-state index in [0.29, 0.717) is 11.3 Å². The standard InChI is InChI=1S/C26H26N2O6/c1-32-18-10-8-17(9-11-18)23-22(24(29)21-7-5-15-34-21)25(30)26(31)28(23)16-19(20-6-4-14-33-20)27-12-2-3-13-27/h4-11,14-15,19,23,30H,2-3,12-13,16H2,1H3. The lowest BCUT2D eigenvalue weighted by Crippen LogP contribution is -2.40. The molecule has 176 valence electrons. The highest BCUT2D eigenvalue weighted by molar-refractivity contribution is 6.15. The largest absolute Gasteiger partial charge is 0.503 e. The van der Waals surface area contributed by atoms with Crippen LogP contribution >= 0.6 is 0 Å². The fourth-order valence-corrected chi connectivity index (χ4v) is 4.85. The molecule has 1 N–H and O–H groups in total. The fraction of sp³-hybridized carbons (Fsp3) is 0.308. The summed E-state index contributed by atoms with van der Waals surface area (Å²) in [6.45, 7) is 2.03. The minimum atomic E-state index is -0.781. The number of aliphatic hydroxyl groups excluding tert-OH is 1. The first-order valence-corrected chi connectivity index (χ1v) is 11.3. The van der Waals surface area contributed by atoms with E-state index in [1.165, 1.54) is 12.3 Å². The quantitative estimate of drug-likeness (QED) is 0.499. The number of hydrogen-bond acceptors (Lipinski definition) is 7. The number of Topliss-reactive ketones (excluding diaryl/α,β-unsaturated/α-hetero) is 1. The molecule has 1 fully saturated rings. The average molecular weight is 463 g/mol. The third-order valence-corrected chi connectivity index (χ3v) is 6.55. The zero-order valence-electron chi connectivity index (χ0n) is 18.8. The van der Waals surface area contributed by atoms with Crippen molar-refractivity contribution in [1.29, 1.82) is 0 Å². The molecule has 5 rings (SSSR count). The number of amides is 1. The van der Waals surface area contributed by atoms with Crippen molar-refractivity contribution in [3.63, 3.8) is 0 Å². The minimum absolute atomic E-state index is 0.00438. The van der Waals surface area contributed by atoms with Gasteiger partial charge in [-0.2, -0.15) is 0 Å². The van der Waals surface area contributed by atoms with Crippen molar-refractivity contribution in [2.75, 3.05) is 26.7 Å². The Labute approximate surface area is 197 Å². The van der Waals surface area contributed by atoms with Gasteiger partial charge in [0.2, 0.25) is 5.78 Å². The van der Waals surface area contributed by atoms with Crippen LogP contribution in [0.3, 0.4) is 0 Å². The lowest BCUT2D eigenvalue weighted by molar-refractivity contribution is -0.130. The monoisotopic (exact) mass is 462 g/mol. The topological polar surface area (TPSA) is 96.4 Å². The van der Waals surface area contributed by atoms with E-state index >= 15 is 0 Å². The van der Waals surface area contributed by atoms with Gasteiger partial charge in [-0.3, -0.25) is 14.5 Å². The van der Waals surface area contributed by atoms with Crippen molar-refractivity contribution in [2.24, 2.45) is 0 Å². The molecule has 2 unspecified atom stereocenters. The van der Waals surface area contributed by atoms with Gasteiger partial charge in [0.05, 0.1) is 37.3 Å². The summed E-state index contributed by atoms with van der Waals surface area (Å²) in [5.41, 5.74) is 0.692. The minimum Gasteiger partial charge on any atom is -0.503 e. The van der Waals surface area contributed by atoms with Gasteiger partial charge in [0.15, 0.2) is 11.5 Å². The van der Waals surface area contributed by atoms with Crippen LogP contribution in [0.4, 0.5) is 0 Å². The second kappa shape index (κ2) is 9.23. The van der Waals surface area contributed by atoms with Crippen molar-refractivity contribution in [2.45, 2.75) is 24.9 Å². The van der Waals surface area contributed by atoms with E-state index < -0.39 is 23.5 Å². The van der Waals surface area contributed by atoms with Crippen LogP contribution in [0.5, 0.6) is 5.75 Å². The maximum atomic E-state index is 13.4. The van der Waals surface area contributed by atoms with E-state index in [4.69, 9.17) is 13.6 Å². The summed E-state index contributed by atoms with van der Waals surface area (Å²) >= 11 is 0. The smallest absolute Gasteiger partial charge is 0.290 e. The van der Waals surface area contributed by atoms with Crippen LogP contribution in [-0.4, -0.2) is 53.3 Å². The Balaban J connectivity index is 1.56. The Morgan fingerprint density at radius 1 is 1.09 bits per heavy atom. The van der Waals surface area contributed by atoms with Gasteiger partial charge in [-0.05, 0) is 67.9 Å². The highest BCUT2D eigenvalue weighted by Crippen LogP contribution is 2.41. The number of carbonyl (C=O) groups excluding carboxylic acids is 2. The summed E-state index contributed by atoms with van der Waals surface area (Å²) in [5.74, 6) is -0.203. The van der Waals surface area contributed by atoms with Gasteiger partial charge in [0.1, 0.15) is 11.5 Å².